The molecule has 0 aromatic carbocycles. The topological polar surface area (TPSA) is 67.1 Å². The molecule has 1 aliphatic carbocycles. The number of nitrogens with one attached hydrogen (secondary N) is 1. The van der Waals surface area contributed by atoms with Crippen molar-refractivity contribution in [3.8, 4) is 0 Å². The molecule has 1 aromatic rings. The molecule has 9 heteroatoms. The van der Waals surface area contributed by atoms with Crippen molar-refractivity contribution in [2.45, 2.75) is 25.1 Å². The maximum Gasteiger partial charge on any atom is 0.414 e. The summed E-state index contributed by atoms with van der Waals surface area (Å²) in [5.74, 6) is -0.771. The molecule has 0 bridgehead atoms. The summed E-state index contributed by atoms with van der Waals surface area (Å²) in [7, 11) is 0. The smallest absolute Gasteiger partial charge is 0.338 e. The second-order valence-corrected chi connectivity index (χ2v) is 6.66. The van der Waals surface area contributed by atoms with Crippen LogP contribution < -0.4 is 16.0 Å². The first kappa shape index (κ1) is 18.8. The number of allylic oxidation sites excluding steroid dienone is 3. The second kappa shape index (κ2) is 6.96. The Morgan fingerprint density at radius 2 is 1.77 bits per heavy atom. The zero-order valence-electron chi connectivity index (χ0n) is 14.4. The van der Waals surface area contributed by atoms with E-state index in [1.54, 1.807) is 0 Å². The van der Waals surface area contributed by atoms with Crippen LogP contribution in [-0.2, 0) is 5.54 Å². The summed E-state index contributed by atoms with van der Waals surface area (Å²) in [5, 5.41) is 3.18. The van der Waals surface area contributed by atoms with Gasteiger partial charge in [0.25, 0.3) is 0 Å². The number of piperazine rings is 1. The number of alkyl halides is 3. The molecule has 0 saturated carbocycles. The van der Waals surface area contributed by atoms with Crippen molar-refractivity contribution in [3.63, 3.8) is 0 Å². The second-order valence-electron chi connectivity index (χ2n) is 6.66. The number of hydrogen-bond donors (Lipinski definition) is 2. The Morgan fingerprint density at radius 1 is 1.15 bits per heavy atom. The van der Waals surface area contributed by atoms with Gasteiger partial charge in [0.15, 0.2) is 5.54 Å². The molecule has 0 spiro atoms. The zero-order chi connectivity index (χ0) is 18.9. The lowest BCUT2D eigenvalue weighted by atomic mass is 9.75. The van der Waals surface area contributed by atoms with E-state index in [1.807, 2.05) is 4.90 Å². The molecular formula is C17H21F4N5. The van der Waals surface area contributed by atoms with Crippen molar-refractivity contribution in [1.82, 2.24) is 15.3 Å². The van der Waals surface area contributed by atoms with Crippen LogP contribution in [0.25, 0.3) is 0 Å². The molecule has 2 atom stereocenters. The molecule has 5 nitrogen and oxygen atoms in total. The summed E-state index contributed by atoms with van der Waals surface area (Å²) in [4.78, 5) is 10.1. The molecule has 142 valence electrons. The zero-order valence-corrected chi connectivity index (χ0v) is 14.4. The van der Waals surface area contributed by atoms with E-state index in [0.717, 1.165) is 37.6 Å². The van der Waals surface area contributed by atoms with Crippen molar-refractivity contribution in [1.29, 1.82) is 0 Å². The molecule has 1 unspecified atom stereocenters. The first-order valence-electron chi connectivity index (χ1n) is 8.44. The van der Waals surface area contributed by atoms with Crippen molar-refractivity contribution in [2.24, 2.45) is 11.7 Å². The summed E-state index contributed by atoms with van der Waals surface area (Å²) in [6.07, 6.45) is -0.463. The van der Waals surface area contributed by atoms with Gasteiger partial charge in [0.05, 0.1) is 0 Å². The Labute approximate surface area is 149 Å². The number of rotatable bonds is 3. The molecule has 1 fully saturated rings. The quantitative estimate of drug-likeness (QED) is 0.799. The van der Waals surface area contributed by atoms with Gasteiger partial charge >= 0.3 is 6.18 Å². The molecule has 3 N–H and O–H groups in total. The summed E-state index contributed by atoms with van der Waals surface area (Å²) >= 11 is 0. The van der Waals surface area contributed by atoms with E-state index in [2.05, 4.69) is 15.3 Å². The van der Waals surface area contributed by atoms with Crippen LogP contribution in [0.1, 0.15) is 18.9 Å². The van der Waals surface area contributed by atoms with E-state index in [0.29, 0.717) is 19.0 Å². The lowest BCUT2D eigenvalue weighted by molar-refractivity contribution is -0.180. The van der Waals surface area contributed by atoms with Gasteiger partial charge in [-0.05, 0) is 17.6 Å². The number of nitrogens with zero attached hydrogens (tertiary/aromatic N) is 3. The van der Waals surface area contributed by atoms with Gasteiger partial charge in [-0.2, -0.15) is 13.2 Å². The molecular weight excluding hydrogens is 350 g/mol. The number of anilines is 1. The SMILES string of the molecule is CC1CC(F)=CC=C1[C@](N)(c1cnc(N2CCNCC2)nc1)C(F)(F)F. The minimum Gasteiger partial charge on any atom is -0.338 e. The maximum atomic E-state index is 13.9. The van der Waals surface area contributed by atoms with Gasteiger partial charge in [-0.3, -0.25) is 0 Å². The largest absolute Gasteiger partial charge is 0.414 e. The van der Waals surface area contributed by atoms with Gasteiger partial charge in [0, 0.05) is 50.6 Å². The molecule has 2 aliphatic rings. The standard InChI is InChI=1S/C17H21F4N5/c1-11-8-13(18)2-3-14(11)16(22,17(19,20)21)12-9-24-15(25-10-12)26-6-4-23-5-7-26/h2-3,9-11,23H,4-8,22H2,1H3/t11?,16-/m1/s1. The minimum absolute atomic E-state index is 0.0927. The minimum atomic E-state index is -4.77. The number of nitrogens with two attached hydrogens (primary N) is 1. The van der Waals surface area contributed by atoms with Crippen LogP contribution in [0.3, 0.4) is 0 Å². The van der Waals surface area contributed by atoms with Crippen LogP contribution in [0, 0.1) is 5.92 Å². The summed E-state index contributed by atoms with van der Waals surface area (Å²) in [6.45, 7) is 4.41. The van der Waals surface area contributed by atoms with Gasteiger partial charge in [-0.1, -0.05) is 13.0 Å². The van der Waals surface area contributed by atoms with E-state index < -0.39 is 23.5 Å². The highest BCUT2D eigenvalue weighted by Crippen LogP contribution is 2.47. The molecule has 0 radical (unpaired) electrons. The van der Waals surface area contributed by atoms with Gasteiger partial charge in [0.2, 0.25) is 5.95 Å². The fourth-order valence-corrected chi connectivity index (χ4v) is 3.38. The van der Waals surface area contributed by atoms with Gasteiger partial charge in [-0.15, -0.1) is 0 Å². The summed E-state index contributed by atoms with van der Waals surface area (Å²) in [5.41, 5.74) is 2.78. The number of halogens is 4. The summed E-state index contributed by atoms with van der Waals surface area (Å²) < 4.78 is 55.2. The molecule has 3 rings (SSSR count). The third-order valence-electron chi connectivity index (χ3n) is 4.87. The van der Waals surface area contributed by atoms with Crippen molar-refractivity contribution >= 4 is 5.95 Å². The Kier molecular flexibility index (Phi) is 5.03. The third kappa shape index (κ3) is 3.33. The average molecular weight is 371 g/mol. The predicted molar refractivity (Wildman–Crippen MR) is 90.1 cm³/mol. The van der Waals surface area contributed by atoms with E-state index in [-0.39, 0.29) is 17.6 Å². The molecule has 2 heterocycles. The van der Waals surface area contributed by atoms with E-state index >= 15 is 0 Å². The van der Waals surface area contributed by atoms with Gasteiger partial charge in [0.1, 0.15) is 5.83 Å². The highest BCUT2D eigenvalue weighted by molar-refractivity contribution is 5.42. The van der Waals surface area contributed by atoms with Gasteiger partial charge in [-0.25, -0.2) is 14.4 Å². The Morgan fingerprint density at radius 3 is 2.31 bits per heavy atom. The Balaban J connectivity index is 1.98. The lowest BCUT2D eigenvalue weighted by Crippen LogP contribution is -2.53. The highest BCUT2D eigenvalue weighted by Gasteiger charge is 2.57. The monoisotopic (exact) mass is 371 g/mol. The molecule has 1 aliphatic heterocycles. The van der Waals surface area contributed by atoms with Crippen molar-refractivity contribution < 1.29 is 17.6 Å². The van der Waals surface area contributed by atoms with E-state index in [9.17, 15) is 17.6 Å². The van der Waals surface area contributed by atoms with E-state index in [1.165, 1.54) is 6.92 Å². The third-order valence-corrected chi connectivity index (χ3v) is 4.87. The van der Waals surface area contributed by atoms with E-state index in [4.69, 9.17) is 5.73 Å². The average Bonchev–Trinajstić information content (AvgIpc) is 2.61. The first-order valence-corrected chi connectivity index (χ1v) is 8.44. The van der Waals surface area contributed by atoms with Crippen molar-refractivity contribution in [3.05, 3.63) is 41.5 Å². The molecule has 1 aromatic heterocycles. The van der Waals surface area contributed by atoms with Crippen LogP contribution in [0.5, 0.6) is 0 Å². The fraction of sp³-hybridized carbons (Fsp3) is 0.529. The number of hydrogen-bond acceptors (Lipinski definition) is 5. The van der Waals surface area contributed by atoms with Crippen LogP contribution in [0.2, 0.25) is 0 Å². The number of aromatic nitrogens is 2. The Bertz CT molecular complexity index is 707. The fourth-order valence-electron chi connectivity index (χ4n) is 3.38. The van der Waals surface area contributed by atoms with Crippen LogP contribution in [-0.4, -0.2) is 42.3 Å². The Hall–Kier alpha value is -2.00. The summed E-state index contributed by atoms with van der Waals surface area (Å²) in [6, 6.07) is 0. The van der Waals surface area contributed by atoms with Crippen molar-refractivity contribution in [2.75, 3.05) is 31.1 Å². The van der Waals surface area contributed by atoms with Crippen LogP contribution in [0.15, 0.2) is 35.9 Å². The predicted octanol–water partition coefficient (Wildman–Crippen LogP) is 2.42. The van der Waals surface area contributed by atoms with Crippen LogP contribution >= 0.6 is 0 Å². The molecule has 0 amide bonds. The lowest BCUT2D eigenvalue weighted by Gasteiger charge is -2.38. The van der Waals surface area contributed by atoms with Crippen LogP contribution in [0.4, 0.5) is 23.5 Å². The maximum absolute atomic E-state index is 13.9. The molecule has 1 saturated heterocycles. The highest BCUT2D eigenvalue weighted by atomic mass is 19.4. The van der Waals surface area contributed by atoms with Gasteiger partial charge < -0.3 is 16.0 Å². The molecule has 26 heavy (non-hydrogen) atoms. The first-order chi connectivity index (χ1) is 12.2. The normalized spacial score (nSPS) is 23.9.